The van der Waals surface area contributed by atoms with Gasteiger partial charge in [0.1, 0.15) is 0 Å². The lowest BCUT2D eigenvalue weighted by atomic mass is 10.00. The number of H-pyrrole nitrogens is 1. The van der Waals surface area contributed by atoms with Crippen molar-refractivity contribution >= 4 is 45.8 Å². The summed E-state index contributed by atoms with van der Waals surface area (Å²) in [6, 6.07) is 21.4. The molecule has 0 atom stereocenters. The van der Waals surface area contributed by atoms with Crippen molar-refractivity contribution in [1.82, 2.24) is 9.88 Å². The Morgan fingerprint density at radius 1 is 0.949 bits per heavy atom. The summed E-state index contributed by atoms with van der Waals surface area (Å²) >= 11 is 0. The van der Waals surface area contributed by atoms with Crippen molar-refractivity contribution in [1.29, 1.82) is 0 Å². The van der Waals surface area contributed by atoms with Crippen molar-refractivity contribution in [3.05, 3.63) is 89.5 Å². The number of likely N-dealkylation sites (N-methyl/N-ethyl adjacent to an activating group) is 2. The first-order valence-electron chi connectivity index (χ1n) is 12.1. The minimum absolute atomic E-state index is 0.0391. The van der Waals surface area contributed by atoms with E-state index in [-0.39, 0.29) is 17.4 Å². The Balaban J connectivity index is 1.73. The number of anilines is 1. The number of nitrogens with zero attached hydrogens (tertiary/aromatic N) is 3. The molecule has 0 saturated heterocycles. The molecule has 0 spiro atoms. The third-order valence-electron chi connectivity index (χ3n) is 5.95. The molecule has 0 unspecified atom stereocenters. The van der Waals surface area contributed by atoms with Gasteiger partial charge in [0.2, 0.25) is 5.91 Å². The fourth-order valence-electron chi connectivity index (χ4n) is 4.03. The van der Waals surface area contributed by atoms with Crippen molar-refractivity contribution in [3.63, 3.8) is 0 Å². The molecule has 39 heavy (non-hydrogen) atoms. The predicted molar refractivity (Wildman–Crippen MR) is 150 cm³/mol. The number of amides is 2. The fourth-order valence-corrected chi connectivity index (χ4v) is 4.03. The van der Waals surface area contributed by atoms with E-state index < -0.39 is 18.5 Å². The topological polar surface area (TPSA) is 141 Å². The molecule has 1 aromatic heterocycles. The smallest absolute Gasteiger partial charge is 0.338 e. The van der Waals surface area contributed by atoms with E-state index >= 15 is 0 Å². The van der Waals surface area contributed by atoms with Crippen LogP contribution in [0.15, 0.2) is 77.8 Å². The molecule has 10 nitrogen and oxygen atoms in total. The molecule has 0 aliphatic rings. The number of aromatic hydroxyl groups is 1. The quantitative estimate of drug-likeness (QED) is 0.225. The molecule has 4 aromatic rings. The third-order valence-corrected chi connectivity index (χ3v) is 5.95. The molecule has 0 saturated carbocycles. The summed E-state index contributed by atoms with van der Waals surface area (Å²) < 4.78 is 4.89. The number of nitrogens with one attached hydrogen (secondary N) is 1. The standard InChI is InChI=1S/C29H29N5O5/c1-33(2)16-25(36)34(3)21-12-10-20(11-13-21)31-27(18-7-5-4-6-8-18)26-22-14-9-19(15-23(22)32-28(26)37)29(38)39-17-24(30)35/h4-15,32,37H,16-17H2,1-3H3,(H2,30,35). The van der Waals surface area contributed by atoms with Gasteiger partial charge in [-0.1, -0.05) is 36.4 Å². The highest BCUT2D eigenvalue weighted by atomic mass is 16.5. The molecule has 0 bridgehead atoms. The summed E-state index contributed by atoms with van der Waals surface area (Å²) in [5.74, 6) is -1.63. The Bertz CT molecular complexity index is 1540. The molecule has 0 aliphatic heterocycles. The molecule has 1 heterocycles. The number of fused-ring (bicyclic) bond motifs is 1. The number of rotatable bonds is 9. The lowest BCUT2D eigenvalue weighted by Crippen LogP contribution is -2.34. The van der Waals surface area contributed by atoms with Gasteiger partial charge < -0.3 is 30.4 Å². The zero-order valence-electron chi connectivity index (χ0n) is 21.8. The van der Waals surface area contributed by atoms with Gasteiger partial charge in [-0.05, 0) is 50.5 Å². The first-order chi connectivity index (χ1) is 18.6. The van der Waals surface area contributed by atoms with Crippen LogP contribution >= 0.6 is 0 Å². The summed E-state index contributed by atoms with van der Waals surface area (Å²) in [5.41, 5.74) is 8.80. The van der Waals surface area contributed by atoms with Crippen LogP contribution in [0.5, 0.6) is 5.88 Å². The number of primary amides is 1. The number of hydrogen-bond acceptors (Lipinski definition) is 7. The van der Waals surface area contributed by atoms with E-state index in [0.717, 1.165) is 11.3 Å². The lowest BCUT2D eigenvalue weighted by Gasteiger charge is -2.19. The van der Waals surface area contributed by atoms with Crippen LogP contribution in [0.3, 0.4) is 0 Å². The van der Waals surface area contributed by atoms with Crippen LogP contribution in [-0.4, -0.2) is 72.8 Å². The van der Waals surface area contributed by atoms with Gasteiger partial charge in [-0.2, -0.15) is 0 Å². The fraction of sp³-hybridized carbons (Fsp3) is 0.172. The number of aromatic nitrogens is 1. The monoisotopic (exact) mass is 527 g/mol. The Morgan fingerprint density at radius 2 is 1.64 bits per heavy atom. The molecule has 0 radical (unpaired) electrons. The Labute approximate surface area is 225 Å². The Morgan fingerprint density at radius 3 is 2.28 bits per heavy atom. The highest BCUT2D eigenvalue weighted by Crippen LogP contribution is 2.32. The first-order valence-corrected chi connectivity index (χ1v) is 12.1. The molecule has 0 fully saturated rings. The number of carbonyl (C=O) groups excluding carboxylic acids is 3. The number of esters is 1. The summed E-state index contributed by atoms with van der Waals surface area (Å²) in [5, 5.41) is 11.6. The predicted octanol–water partition coefficient (Wildman–Crippen LogP) is 3.21. The van der Waals surface area contributed by atoms with E-state index in [1.54, 1.807) is 36.2 Å². The van der Waals surface area contributed by atoms with Crippen LogP contribution in [0.1, 0.15) is 21.5 Å². The van der Waals surface area contributed by atoms with Crippen LogP contribution in [0.2, 0.25) is 0 Å². The molecular weight excluding hydrogens is 498 g/mol. The van der Waals surface area contributed by atoms with Crippen LogP contribution in [0, 0.1) is 0 Å². The van der Waals surface area contributed by atoms with Gasteiger partial charge in [-0.3, -0.25) is 9.59 Å². The average Bonchev–Trinajstić information content (AvgIpc) is 3.25. The van der Waals surface area contributed by atoms with Crippen LogP contribution in [0.4, 0.5) is 11.4 Å². The Hall–Kier alpha value is -4.96. The SMILES string of the molecule is CN(C)CC(=O)N(C)c1ccc(N=C(c2ccccc2)c2c(O)[nH]c3cc(C(=O)OCC(N)=O)ccc23)cc1. The average molecular weight is 528 g/mol. The Kier molecular flexibility index (Phi) is 8.07. The van der Waals surface area contributed by atoms with E-state index in [4.69, 9.17) is 15.5 Å². The normalized spacial score (nSPS) is 11.5. The molecular formula is C29H29N5O5. The van der Waals surface area contributed by atoms with E-state index in [2.05, 4.69) is 4.98 Å². The van der Waals surface area contributed by atoms with Crippen LogP contribution in [0.25, 0.3) is 10.9 Å². The van der Waals surface area contributed by atoms with E-state index in [1.165, 1.54) is 6.07 Å². The van der Waals surface area contributed by atoms with E-state index in [9.17, 15) is 19.5 Å². The number of aromatic amines is 1. The van der Waals surface area contributed by atoms with Gasteiger partial charge in [0.05, 0.1) is 29.1 Å². The minimum atomic E-state index is -0.757. The molecule has 10 heteroatoms. The molecule has 4 N–H and O–H groups in total. The number of benzene rings is 3. The van der Waals surface area contributed by atoms with Crippen molar-refractivity contribution in [2.24, 2.45) is 10.7 Å². The zero-order chi connectivity index (χ0) is 28.1. The molecule has 3 aromatic carbocycles. The number of hydrogen-bond donors (Lipinski definition) is 3. The summed E-state index contributed by atoms with van der Waals surface area (Å²) in [4.78, 5) is 46.8. The molecule has 200 valence electrons. The second kappa shape index (κ2) is 11.6. The maximum Gasteiger partial charge on any atom is 0.338 e. The van der Waals surface area contributed by atoms with E-state index in [0.29, 0.717) is 34.4 Å². The van der Waals surface area contributed by atoms with Gasteiger partial charge in [-0.25, -0.2) is 9.79 Å². The highest BCUT2D eigenvalue weighted by Gasteiger charge is 2.20. The van der Waals surface area contributed by atoms with Gasteiger partial charge in [-0.15, -0.1) is 0 Å². The molecule has 4 rings (SSSR count). The molecule has 2 amide bonds. The van der Waals surface area contributed by atoms with Crippen LogP contribution < -0.4 is 10.6 Å². The minimum Gasteiger partial charge on any atom is -0.494 e. The van der Waals surface area contributed by atoms with Crippen molar-refractivity contribution in [2.45, 2.75) is 0 Å². The maximum atomic E-state index is 12.4. The maximum absolute atomic E-state index is 12.4. The first kappa shape index (κ1) is 27.1. The number of ether oxygens (including phenoxy) is 1. The summed E-state index contributed by atoms with van der Waals surface area (Å²) in [7, 11) is 5.40. The summed E-state index contributed by atoms with van der Waals surface area (Å²) in [6.45, 7) is -0.236. The highest BCUT2D eigenvalue weighted by molar-refractivity contribution is 6.22. The third kappa shape index (κ3) is 6.31. The molecule has 0 aliphatic carbocycles. The summed E-state index contributed by atoms with van der Waals surface area (Å²) in [6.07, 6.45) is 0. The lowest BCUT2D eigenvalue weighted by molar-refractivity contribution is -0.121. The second-order valence-electron chi connectivity index (χ2n) is 9.18. The van der Waals surface area contributed by atoms with Gasteiger partial charge in [0.25, 0.3) is 5.91 Å². The number of carbonyl (C=O) groups is 3. The van der Waals surface area contributed by atoms with E-state index in [1.807, 2.05) is 61.5 Å². The van der Waals surface area contributed by atoms with Gasteiger partial charge >= 0.3 is 5.97 Å². The number of nitrogens with two attached hydrogens (primary N) is 1. The zero-order valence-corrected chi connectivity index (χ0v) is 21.8. The number of aliphatic imine (C=N–C) groups is 1. The van der Waals surface area contributed by atoms with Crippen molar-refractivity contribution in [3.8, 4) is 5.88 Å². The second-order valence-corrected chi connectivity index (χ2v) is 9.18. The van der Waals surface area contributed by atoms with Crippen molar-refractivity contribution in [2.75, 3.05) is 39.2 Å². The largest absolute Gasteiger partial charge is 0.494 e. The van der Waals surface area contributed by atoms with Crippen molar-refractivity contribution < 1.29 is 24.2 Å². The van der Waals surface area contributed by atoms with Gasteiger partial charge in [0.15, 0.2) is 12.5 Å². The van der Waals surface area contributed by atoms with Gasteiger partial charge in [0, 0.05) is 29.2 Å². The van der Waals surface area contributed by atoms with Crippen LogP contribution in [-0.2, 0) is 14.3 Å².